The number of hydrogen-bond acceptors (Lipinski definition) is 6. The Hall–Kier alpha value is -2.45. The summed E-state index contributed by atoms with van der Waals surface area (Å²) >= 11 is 5.98. The summed E-state index contributed by atoms with van der Waals surface area (Å²) in [7, 11) is -2.03. The SMILES string of the molecule is CNc1cc(N2CCN(C(=O)OC(C)(C)C)CC2)ccc1S(=O)(=O)c1cccc(Cl)c1. The van der Waals surface area contributed by atoms with Crippen LogP contribution in [0.2, 0.25) is 5.02 Å². The summed E-state index contributed by atoms with van der Waals surface area (Å²) in [5, 5.41) is 3.36. The number of amides is 1. The number of rotatable bonds is 4. The van der Waals surface area contributed by atoms with Crippen LogP contribution < -0.4 is 10.2 Å². The molecule has 0 unspecified atom stereocenters. The number of ether oxygens (including phenoxy) is 1. The van der Waals surface area contributed by atoms with E-state index in [4.69, 9.17) is 16.3 Å². The maximum atomic E-state index is 13.1. The molecule has 0 bridgehead atoms. The lowest BCUT2D eigenvalue weighted by atomic mass is 10.2. The first-order chi connectivity index (χ1) is 14.5. The van der Waals surface area contributed by atoms with E-state index < -0.39 is 15.4 Å². The number of anilines is 2. The molecule has 1 aliphatic heterocycles. The summed E-state index contributed by atoms with van der Waals surface area (Å²) in [6, 6.07) is 11.5. The molecular weight excluding hydrogens is 438 g/mol. The third kappa shape index (κ3) is 5.43. The second-order valence-electron chi connectivity index (χ2n) is 8.35. The predicted molar refractivity (Wildman–Crippen MR) is 123 cm³/mol. The smallest absolute Gasteiger partial charge is 0.410 e. The van der Waals surface area contributed by atoms with E-state index in [1.165, 1.54) is 12.1 Å². The van der Waals surface area contributed by atoms with Crippen molar-refractivity contribution in [2.75, 3.05) is 43.4 Å². The minimum absolute atomic E-state index is 0.148. The molecule has 0 aromatic heterocycles. The topological polar surface area (TPSA) is 79.0 Å². The molecule has 0 atom stereocenters. The molecule has 1 amide bonds. The highest BCUT2D eigenvalue weighted by Crippen LogP contribution is 2.32. The van der Waals surface area contributed by atoms with Crippen LogP contribution in [0.25, 0.3) is 0 Å². The average molecular weight is 466 g/mol. The van der Waals surface area contributed by atoms with Gasteiger partial charge in [0.1, 0.15) is 5.60 Å². The number of sulfone groups is 1. The fourth-order valence-corrected chi connectivity index (χ4v) is 5.13. The number of halogens is 1. The first kappa shape index (κ1) is 23.2. The van der Waals surface area contributed by atoms with Crippen molar-refractivity contribution in [1.82, 2.24) is 4.90 Å². The van der Waals surface area contributed by atoms with Gasteiger partial charge in [-0.3, -0.25) is 0 Å². The third-order valence-electron chi connectivity index (χ3n) is 4.92. The van der Waals surface area contributed by atoms with Crippen LogP contribution in [-0.2, 0) is 14.6 Å². The molecule has 2 aromatic rings. The summed E-state index contributed by atoms with van der Waals surface area (Å²) < 4.78 is 31.7. The number of nitrogens with one attached hydrogen (secondary N) is 1. The van der Waals surface area contributed by atoms with Crippen LogP contribution in [0.1, 0.15) is 20.8 Å². The van der Waals surface area contributed by atoms with Gasteiger partial charge in [-0.1, -0.05) is 17.7 Å². The Bertz CT molecular complexity index is 1060. The van der Waals surface area contributed by atoms with Gasteiger partial charge in [0.2, 0.25) is 9.84 Å². The van der Waals surface area contributed by atoms with Gasteiger partial charge in [-0.2, -0.15) is 0 Å². The highest BCUT2D eigenvalue weighted by atomic mass is 35.5. The van der Waals surface area contributed by atoms with E-state index in [0.717, 1.165) is 5.69 Å². The average Bonchev–Trinajstić information content (AvgIpc) is 2.72. The van der Waals surface area contributed by atoms with Crippen molar-refractivity contribution < 1.29 is 17.9 Å². The van der Waals surface area contributed by atoms with Gasteiger partial charge in [-0.15, -0.1) is 0 Å². The van der Waals surface area contributed by atoms with Gasteiger partial charge in [-0.25, -0.2) is 13.2 Å². The maximum absolute atomic E-state index is 13.1. The molecule has 0 saturated carbocycles. The van der Waals surface area contributed by atoms with Crippen LogP contribution in [0.3, 0.4) is 0 Å². The van der Waals surface area contributed by atoms with E-state index in [0.29, 0.717) is 36.9 Å². The number of carbonyl (C=O) groups excluding carboxylic acids is 1. The molecular formula is C22H28ClN3O4S. The Morgan fingerprint density at radius 2 is 1.74 bits per heavy atom. The lowest BCUT2D eigenvalue weighted by Crippen LogP contribution is -2.50. The quantitative estimate of drug-likeness (QED) is 0.726. The first-order valence-corrected chi connectivity index (χ1v) is 11.9. The van der Waals surface area contributed by atoms with E-state index in [1.54, 1.807) is 36.2 Å². The predicted octanol–water partition coefficient (Wildman–Crippen LogP) is 4.27. The molecule has 31 heavy (non-hydrogen) atoms. The van der Waals surface area contributed by atoms with Gasteiger partial charge in [0.15, 0.2) is 0 Å². The van der Waals surface area contributed by atoms with Gasteiger partial charge in [-0.05, 0) is 57.2 Å². The maximum Gasteiger partial charge on any atom is 0.410 e. The molecule has 0 spiro atoms. The molecule has 2 aromatic carbocycles. The van der Waals surface area contributed by atoms with Crippen LogP contribution >= 0.6 is 11.6 Å². The second kappa shape index (κ2) is 8.96. The highest BCUT2D eigenvalue weighted by Gasteiger charge is 2.27. The molecule has 9 heteroatoms. The highest BCUT2D eigenvalue weighted by molar-refractivity contribution is 7.91. The summed E-state index contributed by atoms with van der Waals surface area (Å²) in [5.41, 5.74) is 0.866. The van der Waals surface area contributed by atoms with Crippen molar-refractivity contribution in [3.63, 3.8) is 0 Å². The lowest BCUT2D eigenvalue weighted by molar-refractivity contribution is 0.0240. The van der Waals surface area contributed by atoms with Crippen LogP contribution in [0.4, 0.5) is 16.2 Å². The van der Waals surface area contributed by atoms with Crippen molar-refractivity contribution in [2.45, 2.75) is 36.2 Å². The molecule has 0 radical (unpaired) electrons. The summed E-state index contributed by atoms with van der Waals surface area (Å²) in [6.45, 7) is 7.86. The molecule has 7 nitrogen and oxygen atoms in total. The van der Waals surface area contributed by atoms with Crippen LogP contribution in [0, 0.1) is 0 Å². The molecule has 1 saturated heterocycles. The Morgan fingerprint density at radius 1 is 1.06 bits per heavy atom. The number of piperazine rings is 1. The van der Waals surface area contributed by atoms with Crippen molar-refractivity contribution >= 4 is 38.9 Å². The number of benzene rings is 2. The van der Waals surface area contributed by atoms with Crippen LogP contribution in [-0.4, -0.2) is 58.2 Å². The van der Waals surface area contributed by atoms with Gasteiger partial charge in [0.25, 0.3) is 0 Å². The van der Waals surface area contributed by atoms with Crippen molar-refractivity contribution in [3.8, 4) is 0 Å². The molecule has 1 N–H and O–H groups in total. The Labute approximate surface area is 188 Å². The van der Waals surface area contributed by atoms with Gasteiger partial charge in [0, 0.05) is 43.9 Å². The first-order valence-electron chi connectivity index (χ1n) is 10.1. The van der Waals surface area contributed by atoms with Crippen molar-refractivity contribution in [3.05, 3.63) is 47.5 Å². The molecule has 3 rings (SSSR count). The monoisotopic (exact) mass is 465 g/mol. The van der Waals surface area contributed by atoms with E-state index in [-0.39, 0.29) is 15.9 Å². The summed E-state index contributed by atoms with van der Waals surface area (Å²) in [6.07, 6.45) is -0.314. The molecule has 0 aliphatic carbocycles. The van der Waals surface area contributed by atoms with E-state index in [1.807, 2.05) is 26.8 Å². The van der Waals surface area contributed by atoms with E-state index >= 15 is 0 Å². The van der Waals surface area contributed by atoms with E-state index in [9.17, 15) is 13.2 Å². The van der Waals surface area contributed by atoms with Gasteiger partial charge < -0.3 is 19.9 Å². The Kier molecular flexibility index (Phi) is 6.71. The van der Waals surface area contributed by atoms with Crippen molar-refractivity contribution in [1.29, 1.82) is 0 Å². The Morgan fingerprint density at radius 3 is 2.32 bits per heavy atom. The fourth-order valence-electron chi connectivity index (χ4n) is 3.38. The zero-order valence-electron chi connectivity index (χ0n) is 18.2. The normalized spacial score (nSPS) is 15.0. The molecule has 1 aliphatic rings. The van der Waals surface area contributed by atoms with Gasteiger partial charge >= 0.3 is 6.09 Å². The third-order valence-corrected chi connectivity index (χ3v) is 6.97. The molecule has 1 fully saturated rings. The van der Waals surface area contributed by atoms with E-state index in [2.05, 4.69) is 10.2 Å². The summed E-state index contributed by atoms with van der Waals surface area (Å²) in [4.78, 5) is 16.4. The van der Waals surface area contributed by atoms with Gasteiger partial charge in [0.05, 0.1) is 15.5 Å². The zero-order chi connectivity index (χ0) is 22.8. The molecule has 168 valence electrons. The molecule has 1 heterocycles. The minimum atomic E-state index is -3.72. The van der Waals surface area contributed by atoms with Crippen LogP contribution in [0.5, 0.6) is 0 Å². The zero-order valence-corrected chi connectivity index (χ0v) is 19.8. The number of nitrogens with zero attached hydrogens (tertiary/aromatic N) is 2. The Balaban J connectivity index is 1.78. The minimum Gasteiger partial charge on any atom is -0.444 e. The number of hydrogen-bond donors (Lipinski definition) is 1. The fraction of sp³-hybridized carbons (Fsp3) is 0.409. The van der Waals surface area contributed by atoms with Crippen LogP contribution in [0.15, 0.2) is 52.3 Å². The standard InChI is InChI=1S/C22H28ClN3O4S/c1-22(2,3)30-21(27)26-12-10-25(11-13-26)17-8-9-20(19(15-17)24-4)31(28,29)18-7-5-6-16(23)14-18/h5-9,14-15,24H,10-13H2,1-4H3. The largest absolute Gasteiger partial charge is 0.444 e. The van der Waals surface area contributed by atoms with Crippen molar-refractivity contribution in [2.24, 2.45) is 0 Å². The number of carbonyl (C=O) groups is 1. The second-order valence-corrected chi connectivity index (χ2v) is 10.7. The summed E-state index contributed by atoms with van der Waals surface area (Å²) in [5.74, 6) is 0. The lowest BCUT2D eigenvalue weighted by Gasteiger charge is -2.37.